The van der Waals surface area contributed by atoms with Gasteiger partial charge in [-0.15, -0.1) is 0 Å². The van der Waals surface area contributed by atoms with E-state index >= 15 is 0 Å². The number of ketones is 1. The molecule has 0 saturated carbocycles. The second-order valence-electron chi connectivity index (χ2n) is 8.74. The summed E-state index contributed by atoms with van der Waals surface area (Å²) in [6.07, 6.45) is 4.29. The summed E-state index contributed by atoms with van der Waals surface area (Å²) in [6.45, 7) is 3.00. The number of anilines is 2. The van der Waals surface area contributed by atoms with Crippen molar-refractivity contribution in [1.29, 1.82) is 0 Å². The Labute approximate surface area is 229 Å². The molecule has 0 unspecified atom stereocenters. The van der Waals surface area contributed by atoms with Crippen LogP contribution in [-0.2, 0) is 4.74 Å². The quantitative estimate of drug-likeness (QED) is 0.212. The average molecular weight is 535 g/mol. The lowest BCUT2D eigenvalue weighted by Crippen LogP contribution is -2.36. The summed E-state index contributed by atoms with van der Waals surface area (Å²) in [5, 5.41) is 10.3. The molecule has 0 bridgehead atoms. The zero-order chi connectivity index (χ0) is 27.7. The lowest BCUT2D eigenvalue weighted by molar-refractivity contribution is 0.0989. The van der Waals surface area contributed by atoms with Gasteiger partial charge >= 0.3 is 5.91 Å². The minimum atomic E-state index is -0.500. The van der Waals surface area contributed by atoms with Crippen molar-refractivity contribution in [2.24, 2.45) is 10.2 Å². The standard InChI is InChI=1S/C29H23N7O4/c37-27(20-1-7-23(8-2-20)32-29(39)26-19-30-13-14-31-26)21-3-9-24(10-4-21)33-35-34-28(38)22-5-11-25(12-6-22)36-15-17-40-18-16-36/h1-14,19H,15-18H2/p+1. The molecule has 11 nitrogen and oxygen atoms in total. The van der Waals surface area contributed by atoms with Crippen LogP contribution in [0.3, 0.4) is 0 Å². The summed E-state index contributed by atoms with van der Waals surface area (Å²) >= 11 is 0. The van der Waals surface area contributed by atoms with E-state index in [4.69, 9.17) is 4.74 Å². The Balaban J connectivity index is 1.17. The summed E-state index contributed by atoms with van der Waals surface area (Å²) in [5.41, 5.74) is 3.49. The van der Waals surface area contributed by atoms with Gasteiger partial charge in [-0.2, -0.15) is 0 Å². The normalized spacial score (nSPS) is 12.7. The van der Waals surface area contributed by atoms with Gasteiger partial charge < -0.3 is 15.0 Å². The van der Waals surface area contributed by atoms with Crippen molar-refractivity contribution in [1.82, 2.24) is 14.9 Å². The highest BCUT2D eigenvalue weighted by atomic mass is 16.5. The van der Waals surface area contributed by atoms with E-state index in [2.05, 4.69) is 35.3 Å². The number of morpholine rings is 1. The van der Waals surface area contributed by atoms with Gasteiger partial charge in [0.1, 0.15) is 5.69 Å². The van der Waals surface area contributed by atoms with Crippen LogP contribution in [0.25, 0.3) is 0 Å². The maximum atomic E-state index is 12.9. The second-order valence-corrected chi connectivity index (χ2v) is 8.74. The molecule has 4 aromatic rings. The van der Waals surface area contributed by atoms with Crippen molar-refractivity contribution in [2.45, 2.75) is 0 Å². The molecule has 0 radical (unpaired) electrons. The maximum absolute atomic E-state index is 12.9. The number of amides is 2. The number of nitrogens with one attached hydrogen (secondary N) is 1. The van der Waals surface area contributed by atoms with Crippen molar-refractivity contribution < 1.29 is 19.1 Å². The number of hydrogen-bond donors (Lipinski definition) is 1. The minimum absolute atomic E-state index is 0.190. The van der Waals surface area contributed by atoms with Crippen LogP contribution in [0.4, 0.5) is 17.1 Å². The number of carbonyl (C=O) groups excluding carboxylic acids is 3. The van der Waals surface area contributed by atoms with E-state index in [0.717, 1.165) is 18.8 Å². The summed E-state index contributed by atoms with van der Waals surface area (Å²) in [6, 6.07) is 20.2. The first-order chi connectivity index (χ1) is 19.6. The first kappa shape index (κ1) is 26.2. The fourth-order valence-electron chi connectivity index (χ4n) is 3.97. The molecule has 198 valence electrons. The second kappa shape index (κ2) is 12.4. The van der Waals surface area contributed by atoms with E-state index in [0.29, 0.717) is 41.3 Å². The van der Waals surface area contributed by atoms with E-state index < -0.39 is 11.8 Å². The molecule has 1 aliphatic heterocycles. The Bertz CT molecular complexity index is 1560. The van der Waals surface area contributed by atoms with Crippen molar-refractivity contribution in [3.8, 4) is 0 Å². The predicted octanol–water partition coefficient (Wildman–Crippen LogP) is 4.24. The molecule has 1 saturated heterocycles. The summed E-state index contributed by atoms with van der Waals surface area (Å²) in [5.74, 6) is -1.09. The Kier molecular flexibility index (Phi) is 8.16. The molecule has 0 spiro atoms. The van der Waals surface area contributed by atoms with Crippen molar-refractivity contribution in [3.63, 3.8) is 0 Å². The summed E-state index contributed by atoms with van der Waals surface area (Å²) < 4.78 is 5.36. The number of rotatable bonds is 7. The van der Waals surface area contributed by atoms with Crippen LogP contribution in [0.5, 0.6) is 0 Å². The number of aromatic nitrogens is 2. The van der Waals surface area contributed by atoms with E-state index in [1.165, 1.54) is 18.6 Å². The van der Waals surface area contributed by atoms with Crippen LogP contribution in [-0.4, -0.2) is 53.9 Å². The lowest BCUT2D eigenvalue weighted by Gasteiger charge is -2.28. The molecule has 2 amide bonds. The first-order valence-electron chi connectivity index (χ1n) is 12.5. The molecule has 0 atom stereocenters. The van der Waals surface area contributed by atoms with Crippen LogP contribution in [0.15, 0.2) is 102 Å². The Hall–Kier alpha value is -5.38. The van der Waals surface area contributed by atoms with E-state index in [1.807, 2.05) is 12.1 Å². The van der Waals surface area contributed by atoms with Gasteiger partial charge in [0.2, 0.25) is 10.0 Å². The number of hydrogen-bond acceptors (Lipinski definition) is 8. The van der Waals surface area contributed by atoms with Gasteiger partial charge in [0.05, 0.1) is 19.4 Å². The molecule has 3 aromatic carbocycles. The molecule has 40 heavy (non-hydrogen) atoms. The van der Waals surface area contributed by atoms with Gasteiger partial charge in [0.15, 0.2) is 16.6 Å². The smallest absolute Gasteiger partial charge is 0.360 e. The van der Waals surface area contributed by atoms with Crippen molar-refractivity contribution >= 4 is 34.7 Å². The molecule has 1 aromatic heterocycles. The monoisotopic (exact) mass is 534 g/mol. The van der Waals surface area contributed by atoms with Crippen LogP contribution in [0.2, 0.25) is 0 Å². The highest BCUT2D eigenvalue weighted by molar-refractivity contribution is 6.09. The number of ether oxygens (including phenoxy) is 1. The predicted molar refractivity (Wildman–Crippen MR) is 147 cm³/mol. The van der Waals surface area contributed by atoms with Crippen LogP contribution in [0.1, 0.15) is 36.8 Å². The summed E-state index contributed by atoms with van der Waals surface area (Å²) in [7, 11) is 0. The van der Waals surface area contributed by atoms with Gasteiger partial charge in [-0.25, -0.2) is 4.98 Å². The van der Waals surface area contributed by atoms with Crippen molar-refractivity contribution in [3.05, 3.63) is 114 Å². The molecule has 2 heterocycles. The fraction of sp³-hybridized carbons (Fsp3) is 0.138. The van der Waals surface area contributed by atoms with E-state index in [9.17, 15) is 14.4 Å². The molecule has 5 rings (SSSR count). The number of carbonyl (C=O) groups is 3. The molecular formula is C29H24N7O4+. The van der Waals surface area contributed by atoms with Gasteiger partial charge in [0, 0.05) is 53.5 Å². The van der Waals surface area contributed by atoms with Gasteiger partial charge in [-0.1, -0.05) is 0 Å². The third-order valence-electron chi connectivity index (χ3n) is 6.12. The summed E-state index contributed by atoms with van der Waals surface area (Å²) in [4.78, 5) is 51.1. The van der Waals surface area contributed by atoms with E-state index in [1.54, 1.807) is 60.7 Å². The molecular weight excluding hydrogens is 510 g/mol. The van der Waals surface area contributed by atoms with Crippen LogP contribution in [0, 0.1) is 0 Å². The SMILES string of the molecule is O=C(N=[N+]=Nc1ccc(C(=O)c2ccc(NC(=O)c3cnccn3)cc2)cc1)c1ccc(N2CCOCC2)cc1. The fourth-order valence-corrected chi connectivity index (χ4v) is 3.97. The maximum Gasteiger partial charge on any atom is 0.360 e. The average Bonchev–Trinajstić information content (AvgIpc) is 3.02. The molecule has 1 aliphatic rings. The van der Waals surface area contributed by atoms with Gasteiger partial charge in [-0.05, 0) is 72.8 Å². The van der Waals surface area contributed by atoms with Crippen LogP contribution < -0.4 is 15.1 Å². The molecule has 1 N–H and O–H groups in total. The zero-order valence-electron chi connectivity index (χ0n) is 21.3. The Morgan fingerprint density at radius 1 is 0.825 bits per heavy atom. The third kappa shape index (κ3) is 6.54. The first-order valence-corrected chi connectivity index (χ1v) is 12.5. The molecule has 0 aliphatic carbocycles. The highest BCUT2D eigenvalue weighted by Crippen LogP contribution is 2.19. The number of benzene rings is 3. The van der Waals surface area contributed by atoms with Gasteiger partial charge in [0.25, 0.3) is 5.91 Å². The molecule has 11 heteroatoms. The molecule has 1 fully saturated rings. The Morgan fingerprint density at radius 3 is 2.12 bits per heavy atom. The van der Waals surface area contributed by atoms with Crippen molar-refractivity contribution in [2.75, 3.05) is 36.5 Å². The van der Waals surface area contributed by atoms with Gasteiger partial charge in [-0.3, -0.25) is 19.4 Å². The van der Waals surface area contributed by atoms with Crippen LogP contribution >= 0.6 is 0 Å². The number of nitrogens with zero attached hydrogens (tertiary/aromatic N) is 6. The third-order valence-corrected chi connectivity index (χ3v) is 6.12. The Morgan fingerprint density at radius 2 is 1.48 bits per heavy atom. The largest absolute Gasteiger partial charge is 0.378 e. The highest BCUT2D eigenvalue weighted by Gasteiger charge is 2.15. The minimum Gasteiger partial charge on any atom is -0.378 e. The lowest BCUT2D eigenvalue weighted by atomic mass is 10.0. The van der Waals surface area contributed by atoms with E-state index in [-0.39, 0.29) is 11.5 Å². The topological polar surface area (TPSA) is 140 Å². The zero-order valence-corrected chi connectivity index (χ0v) is 21.3.